The third-order valence-corrected chi connectivity index (χ3v) is 4.99. The van der Waals surface area contributed by atoms with E-state index in [1.807, 2.05) is 0 Å². The zero-order valence-electron chi connectivity index (χ0n) is 10.5. The summed E-state index contributed by atoms with van der Waals surface area (Å²) >= 11 is 3.49. The fourth-order valence-corrected chi connectivity index (χ4v) is 3.75. The first kappa shape index (κ1) is 14.1. The van der Waals surface area contributed by atoms with Gasteiger partial charge in [-0.05, 0) is 16.9 Å². The van der Waals surface area contributed by atoms with Crippen LogP contribution < -0.4 is 0 Å². The van der Waals surface area contributed by atoms with Gasteiger partial charge in [-0.2, -0.15) is 0 Å². The molecule has 0 N–H and O–H groups in total. The van der Waals surface area contributed by atoms with Gasteiger partial charge in [0.15, 0.2) is 4.93 Å². The first-order valence-electron chi connectivity index (χ1n) is 5.95. The molecule has 0 radical (unpaired) electrons. The molecule has 2 rings (SSSR count). The van der Waals surface area contributed by atoms with Gasteiger partial charge in [0.1, 0.15) is 0 Å². The summed E-state index contributed by atoms with van der Waals surface area (Å²) in [5.41, 5.74) is 0. The highest BCUT2D eigenvalue weighted by Gasteiger charge is 2.35. The fourth-order valence-electron chi connectivity index (χ4n) is 1.74. The molecule has 100 valence electrons. The normalized spacial score (nSPS) is 22.7. The maximum Gasteiger partial charge on any atom is 0.155 e. The van der Waals surface area contributed by atoms with E-state index in [0.717, 1.165) is 6.42 Å². The van der Waals surface area contributed by atoms with Crippen LogP contribution in [0.1, 0.15) is 11.3 Å². The van der Waals surface area contributed by atoms with Gasteiger partial charge in [0.2, 0.25) is 0 Å². The molecule has 0 saturated carbocycles. The monoisotopic (exact) mass is 286 g/mol. The smallest absolute Gasteiger partial charge is 0.155 e. The van der Waals surface area contributed by atoms with E-state index in [1.54, 1.807) is 30.2 Å². The van der Waals surface area contributed by atoms with Crippen molar-refractivity contribution in [1.29, 1.82) is 0 Å². The van der Waals surface area contributed by atoms with Crippen LogP contribution in [0.4, 0.5) is 0 Å². The molecule has 0 spiro atoms. The van der Waals surface area contributed by atoms with Gasteiger partial charge in [0.25, 0.3) is 0 Å². The van der Waals surface area contributed by atoms with E-state index in [9.17, 15) is 0 Å². The van der Waals surface area contributed by atoms with E-state index in [1.165, 1.54) is 4.88 Å². The van der Waals surface area contributed by atoms with Crippen molar-refractivity contribution in [3.8, 4) is 0 Å². The van der Waals surface area contributed by atoms with Crippen LogP contribution in [0.25, 0.3) is 0 Å². The second kappa shape index (κ2) is 7.31. The molecule has 1 aromatic rings. The van der Waals surface area contributed by atoms with Crippen molar-refractivity contribution in [2.24, 2.45) is 0 Å². The van der Waals surface area contributed by atoms with Gasteiger partial charge in [-0.25, -0.2) is 0 Å². The molecule has 5 heteroatoms. The zero-order chi connectivity index (χ0) is 12.7. The Morgan fingerprint density at radius 2 is 2.17 bits per heavy atom. The number of methoxy groups -OCH3 is 1. The van der Waals surface area contributed by atoms with Crippen molar-refractivity contribution >= 4 is 23.1 Å². The van der Waals surface area contributed by atoms with Gasteiger partial charge in [-0.1, -0.05) is 23.9 Å². The maximum atomic E-state index is 6.06. The number of rotatable bonds is 8. The van der Waals surface area contributed by atoms with E-state index < -0.39 is 0 Å². The third kappa shape index (κ3) is 3.59. The van der Waals surface area contributed by atoms with Gasteiger partial charge < -0.3 is 14.2 Å². The van der Waals surface area contributed by atoms with Crippen molar-refractivity contribution in [1.82, 2.24) is 0 Å². The summed E-state index contributed by atoms with van der Waals surface area (Å²) in [6, 6.07) is 4.20. The molecule has 0 aromatic carbocycles. The Balaban J connectivity index is 1.78. The molecule has 1 atom stereocenters. The average Bonchev–Trinajstić information content (AvgIpc) is 3.04. The summed E-state index contributed by atoms with van der Waals surface area (Å²) in [4.78, 5) is 1.05. The van der Waals surface area contributed by atoms with Gasteiger partial charge in [-0.3, -0.25) is 0 Å². The standard InChI is InChI=1S/C13H18O3S2/c1-14-6-7-15-8-9-16-13(5-3-11-18-13)12-4-2-10-17-12/h2-4,10-11H,5-9H2,1H3. The van der Waals surface area contributed by atoms with Gasteiger partial charge >= 0.3 is 0 Å². The van der Waals surface area contributed by atoms with Crippen molar-refractivity contribution in [3.63, 3.8) is 0 Å². The van der Waals surface area contributed by atoms with E-state index in [2.05, 4.69) is 29.0 Å². The van der Waals surface area contributed by atoms with Crippen LogP contribution in [0.5, 0.6) is 0 Å². The molecule has 1 aromatic heterocycles. The molecule has 1 unspecified atom stereocenters. The molecule has 0 fully saturated rings. The maximum absolute atomic E-state index is 6.06. The Morgan fingerprint density at radius 1 is 1.28 bits per heavy atom. The summed E-state index contributed by atoms with van der Waals surface area (Å²) in [6.07, 6.45) is 3.09. The van der Waals surface area contributed by atoms with Crippen molar-refractivity contribution < 1.29 is 14.2 Å². The van der Waals surface area contributed by atoms with E-state index in [-0.39, 0.29) is 4.93 Å². The van der Waals surface area contributed by atoms with Crippen LogP contribution in [-0.4, -0.2) is 33.5 Å². The molecule has 2 heterocycles. The summed E-state index contributed by atoms with van der Waals surface area (Å²) in [6.45, 7) is 2.47. The quantitative estimate of drug-likeness (QED) is 0.686. The summed E-state index contributed by atoms with van der Waals surface area (Å²) in [5, 5.41) is 4.21. The topological polar surface area (TPSA) is 27.7 Å². The number of thioether (sulfide) groups is 1. The van der Waals surface area contributed by atoms with Crippen molar-refractivity contribution in [2.75, 3.05) is 33.5 Å². The van der Waals surface area contributed by atoms with Crippen LogP contribution in [0.15, 0.2) is 29.0 Å². The largest absolute Gasteiger partial charge is 0.382 e. The predicted octanol–water partition coefficient (Wildman–Crippen LogP) is 3.23. The highest BCUT2D eigenvalue weighted by atomic mass is 32.2. The minimum atomic E-state index is -0.223. The Hall–Kier alpha value is -0.330. The SMILES string of the molecule is COCCOCCOC1(c2cccs2)CC=CS1. The molecule has 1 aliphatic heterocycles. The molecule has 3 nitrogen and oxygen atoms in total. The van der Waals surface area contributed by atoms with Crippen LogP contribution in [-0.2, 0) is 19.1 Å². The van der Waals surface area contributed by atoms with E-state index >= 15 is 0 Å². The number of hydrogen-bond donors (Lipinski definition) is 0. The Kier molecular flexibility index (Phi) is 5.72. The highest BCUT2D eigenvalue weighted by molar-refractivity contribution is 8.03. The van der Waals surface area contributed by atoms with E-state index in [4.69, 9.17) is 14.2 Å². The van der Waals surface area contributed by atoms with Gasteiger partial charge in [0.05, 0.1) is 26.4 Å². The number of hydrogen-bond acceptors (Lipinski definition) is 5. The second-order valence-corrected chi connectivity index (χ2v) is 5.99. The molecular formula is C13H18O3S2. The molecule has 1 aliphatic rings. The Morgan fingerprint density at radius 3 is 2.83 bits per heavy atom. The lowest BCUT2D eigenvalue weighted by Crippen LogP contribution is -2.24. The van der Waals surface area contributed by atoms with Crippen LogP contribution in [0.2, 0.25) is 0 Å². The minimum Gasteiger partial charge on any atom is -0.382 e. The van der Waals surface area contributed by atoms with Crippen LogP contribution in [0, 0.1) is 0 Å². The number of thiophene rings is 1. The summed E-state index contributed by atoms with van der Waals surface area (Å²) < 4.78 is 16.4. The lowest BCUT2D eigenvalue weighted by atomic mass is 10.2. The lowest BCUT2D eigenvalue weighted by molar-refractivity contribution is -0.0202. The average molecular weight is 286 g/mol. The first-order valence-corrected chi connectivity index (χ1v) is 7.71. The first-order chi connectivity index (χ1) is 8.87. The third-order valence-electron chi connectivity index (χ3n) is 2.63. The minimum absolute atomic E-state index is 0.223. The van der Waals surface area contributed by atoms with Crippen LogP contribution >= 0.6 is 23.1 Å². The predicted molar refractivity (Wildman–Crippen MR) is 76.0 cm³/mol. The van der Waals surface area contributed by atoms with Crippen molar-refractivity contribution in [2.45, 2.75) is 11.4 Å². The second-order valence-electron chi connectivity index (χ2n) is 3.88. The molecule has 0 saturated heterocycles. The number of ether oxygens (including phenoxy) is 3. The van der Waals surface area contributed by atoms with Gasteiger partial charge in [-0.15, -0.1) is 11.3 Å². The molecule has 18 heavy (non-hydrogen) atoms. The Labute approximate surface area is 116 Å². The van der Waals surface area contributed by atoms with Crippen molar-refractivity contribution in [3.05, 3.63) is 33.9 Å². The molecule has 0 bridgehead atoms. The highest BCUT2D eigenvalue weighted by Crippen LogP contribution is 2.47. The molecule has 0 amide bonds. The van der Waals surface area contributed by atoms with Crippen LogP contribution in [0.3, 0.4) is 0 Å². The lowest BCUT2D eigenvalue weighted by Gasteiger charge is -2.27. The Bertz CT molecular complexity index is 354. The van der Waals surface area contributed by atoms with E-state index in [0.29, 0.717) is 26.4 Å². The zero-order valence-corrected chi connectivity index (χ0v) is 12.1. The fraction of sp³-hybridized carbons (Fsp3) is 0.538. The van der Waals surface area contributed by atoms with Gasteiger partial charge in [0, 0.05) is 18.4 Å². The molecule has 0 aliphatic carbocycles. The summed E-state index contributed by atoms with van der Waals surface area (Å²) in [5.74, 6) is 0. The summed E-state index contributed by atoms with van der Waals surface area (Å²) in [7, 11) is 1.67. The molecular weight excluding hydrogens is 268 g/mol.